The lowest BCUT2D eigenvalue weighted by molar-refractivity contribution is -0.0518. The molecular weight excluding hydrogens is 572 g/mol. The van der Waals surface area contributed by atoms with E-state index in [1.807, 2.05) is 17.4 Å². The molecule has 44 heavy (non-hydrogen) atoms. The Morgan fingerprint density at radius 3 is 2.05 bits per heavy atom. The first-order valence-corrected chi connectivity index (χ1v) is 13.6. The van der Waals surface area contributed by atoms with Gasteiger partial charge in [0.1, 0.15) is 24.9 Å². The third-order valence-corrected chi connectivity index (χ3v) is 6.87. The number of imidazole rings is 1. The van der Waals surface area contributed by atoms with Gasteiger partial charge in [0.05, 0.1) is 12.9 Å². The monoisotopic (exact) mass is 602 g/mol. The van der Waals surface area contributed by atoms with Crippen LogP contribution in [0.5, 0.6) is 0 Å². The second-order valence-electron chi connectivity index (χ2n) is 9.83. The van der Waals surface area contributed by atoms with Gasteiger partial charge in [0.15, 0.2) is 23.8 Å². The molecule has 1 aromatic heterocycles. The highest BCUT2D eigenvalue weighted by Gasteiger charge is 2.45. The van der Waals surface area contributed by atoms with E-state index in [1.54, 1.807) is 78.9 Å². The Morgan fingerprint density at radius 1 is 0.886 bits per heavy atom. The number of aromatic nitrogens is 2. The molecule has 2 heterocycles. The van der Waals surface area contributed by atoms with Crippen LogP contribution in [0.4, 0.5) is 15.4 Å². The molecule has 1 aliphatic rings. The molecular formula is C31H30N4O9. The number of aliphatic hydroxyl groups excluding tert-OH is 3. The van der Waals surface area contributed by atoms with Crippen LogP contribution in [0.25, 0.3) is 0 Å². The standard InChI is InChI=1S/C31H30N4O9/c36-16-22-24(37)25(38)28(43-22)35-18-32-23(27(35)33-30(40)34-31(41)42-17-19-10-4-1-5-11-19)29(39)44-26(20-12-6-2-7-13-20)21-14-8-3-9-15-21/h1-15,18,22,24-26,28,36-38H,16-17H2,(H2,33,34,40,41)/t22-,24-,25-,28-/m1/s1. The quantitative estimate of drug-likeness (QED) is 0.179. The third-order valence-electron chi connectivity index (χ3n) is 6.87. The number of nitrogens with zero attached hydrogens (tertiary/aromatic N) is 2. The number of rotatable bonds is 9. The fourth-order valence-electron chi connectivity index (χ4n) is 4.67. The van der Waals surface area contributed by atoms with E-state index >= 15 is 0 Å². The summed E-state index contributed by atoms with van der Waals surface area (Å²) in [5.74, 6) is -1.26. The highest BCUT2D eigenvalue weighted by molar-refractivity contribution is 6.02. The molecule has 13 nitrogen and oxygen atoms in total. The van der Waals surface area contributed by atoms with Gasteiger partial charge in [-0.1, -0.05) is 91.0 Å². The Labute approximate surface area is 251 Å². The van der Waals surface area contributed by atoms with Gasteiger partial charge < -0.3 is 29.5 Å². The summed E-state index contributed by atoms with van der Waals surface area (Å²) in [6, 6.07) is 25.7. The number of carbonyl (C=O) groups excluding carboxylic acids is 3. The van der Waals surface area contributed by atoms with Crippen LogP contribution in [-0.2, 0) is 20.8 Å². The van der Waals surface area contributed by atoms with Crippen molar-refractivity contribution in [2.75, 3.05) is 11.9 Å². The number of imide groups is 1. The highest BCUT2D eigenvalue weighted by Crippen LogP contribution is 2.34. The van der Waals surface area contributed by atoms with E-state index in [1.165, 1.54) is 0 Å². The van der Waals surface area contributed by atoms with Crippen molar-refractivity contribution in [1.82, 2.24) is 14.9 Å². The number of hydrogen-bond donors (Lipinski definition) is 5. The number of amides is 3. The van der Waals surface area contributed by atoms with Crippen LogP contribution in [0.1, 0.15) is 39.5 Å². The maximum absolute atomic E-state index is 13.6. The first-order valence-electron chi connectivity index (χ1n) is 13.6. The first-order chi connectivity index (χ1) is 21.4. The molecule has 1 aliphatic heterocycles. The Bertz CT molecular complexity index is 1530. The van der Waals surface area contributed by atoms with Crippen molar-refractivity contribution in [1.29, 1.82) is 0 Å². The smallest absolute Gasteiger partial charge is 0.415 e. The van der Waals surface area contributed by atoms with Gasteiger partial charge in [-0.25, -0.2) is 24.7 Å². The van der Waals surface area contributed by atoms with Crippen LogP contribution in [0.15, 0.2) is 97.3 Å². The molecule has 4 atom stereocenters. The van der Waals surface area contributed by atoms with Gasteiger partial charge in [-0.2, -0.15) is 0 Å². The minimum absolute atomic E-state index is 0.0988. The van der Waals surface area contributed by atoms with Gasteiger partial charge in [-0.3, -0.25) is 9.88 Å². The number of aliphatic hydroxyl groups is 3. The largest absolute Gasteiger partial charge is 0.448 e. The van der Waals surface area contributed by atoms with E-state index < -0.39 is 55.3 Å². The number of alkyl carbamates (subject to hydrolysis) is 1. The number of anilines is 1. The summed E-state index contributed by atoms with van der Waals surface area (Å²) >= 11 is 0. The SMILES string of the molecule is O=C(NC(=O)OCc1ccccc1)Nc1c(C(=O)OC(c2ccccc2)c2ccccc2)ncn1[C@@H]1O[C@H](CO)[C@@H](O)[C@H]1O. The van der Waals surface area contributed by atoms with E-state index in [0.29, 0.717) is 16.7 Å². The van der Waals surface area contributed by atoms with E-state index in [0.717, 1.165) is 10.9 Å². The summed E-state index contributed by atoms with van der Waals surface area (Å²) in [6.45, 7) is -0.705. The Balaban J connectivity index is 1.40. The number of ether oxygens (including phenoxy) is 3. The molecule has 3 amide bonds. The Kier molecular flexibility index (Phi) is 9.62. The van der Waals surface area contributed by atoms with Crippen molar-refractivity contribution < 1.29 is 43.9 Å². The highest BCUT2D eigenvalue weighted by atomic mass is 16.6. The van der Waals surface area contributed by atoms with Crippen molar-refractivity contribution in [3.05, 3.63) is 120 Å². The number of benzene rings is 3. The molecule has 0 unspecified atom stereocenters. The molecule has 0 saturated carbocycles. The summed E-state index contributed by atoms with van der Waals surface area (Å²) in [6.07, 6.45) is -6.37. The van der Waals surface area contributed by atoms with Crippen LogP contribution < -0.4 is 10.6 Å². The second-order valence-corrected chi connectivity index (χ2v) is 9.83. The number of esters is 1. The molecule has 0 spiro atoms. The fraction of sp³-hybridized carbons (Fsp3) is 0.226. The van der Waals surface area contributed by atoms with E-state index in [4.69, 9.17) is 14.2 Å². The van der Waals surface area contributed by atoms with Crippen LogP contribution >= 0.6 is 0 Å². The van der Waals surface area contributed by atoms with Gasteiger partial charge in [0.25, 0.3) is 0 Å². The molecule has 0 aliphatic carbocycles. The minimum Gasteiger partial charge on any atom is -0.448 e. The van der Waals surface area contributed by atoms with Gasteiger partial charge in [-0.05, 0) is 16.7 Å². The lowest BCUT2D eigenvalue weighted by Gasteiger charge is -2.21. The summed E-state index contributed by atoms with van der Waals surface area (Å²) in [4.78, 5) is 43.0. The van der Waals surface area contributed by atoms with Crippen molar-refractivity contribution in [2.45, 2.75) is 37.3 Å². The van der Waals surface area contributed by atoms with Crippen LogP contribution in [0.3, 0.4) is 0 Å². The van der Waals surface area contributed by atoms with Gasteiger partial charge in [0, 0.05) is 0 Å². The summed E-state index contributed by atoms with van der Waals surface area (Å²) in [5.41, 5.74) is 1.65. The molecule has 5 N–H and O–H groups in total. The zero-order valence-electron chi connectivity index (χ0n) is 23.2. The third kappa shape index (κ3) is 6.93. The number of urea groups is 1. The Morgan fingerprint density at radius 2 is 1.48 bits per heavy atom. The van der Waals surface area contributed by atoms with E-state index in [2.05, 4.69) is 10.3 Å². The molecule has 5 rings (SSSR count). The van der Waals surface area contributed by atoms with Crippen molar-refractivity contribution >= 4 is 23.9 Å². The summed E-state index contributed by atoms with van der Waals surface area (Å²) in [7, 11) is 0. The maximum Gasteiger partial charge on any atom is 0.415 e. The fourth-order valence-corrected chi connectivity index (χ4v) is 4.67. The first kappa shape index (κ1) is 30.4. The Hall–Kier alpha value is -5.08. The molecule has 3 aromatic carbocycles. The normalized spacial score (nSPS) is 19.4. The van der Waals surface area contributed by atoms with Gasteiger partial charge in [-0.15, -0.1) is 0 Å². The summed E-state index contributed by atoms with van der Waals surface area (Å²) < 4.78 is 17.7. The molecule has 13 heteroatoms. The van der Waals surface area contributed by atoms with Gasteiger partial charge in [0.2, 0.25) is 0 Å². The topological polar surface area (TPSA) is 181 Å². The van der Waals surface area contributed by atoms with Crippen molar-refractivity contribution in [2.24, 2.45) is 0 Å². The number of carbonyl (C=O) groups is 3. The summed E-state index contributed by atoms with van der Waals surface area (Å²) in [5, 5.41) is 34.9. The predicted molar refractivity (Wildman–Crippen MR) is 154 cm³/mol. The zero-order chi connectivity index (χ0) is 31.1. The molecule has 0 radical (unpaired) electrons. The number of nitrogens with one attached hydrogen (secondary N) is 2. The lowest BCUT2D eigenvalue weighted by Crippen LogP contribution is -2.36. The van der Waals surface area contributed by atoms with Crippen LogP contribution in [-0.4, -0.2) is 67.9 Å². The lowest BCUT2D eigenvalue weighted by atomic mass is 10.0. The van der Waals surface area contributed by atoms with E-state index in [9.17, 15) is 29.7 Å². The zero-order valence-corrected chi connectivity index (χ0v) is 23.2. The molecule has 4 aromatic rings. The number of hydrogen-bond acceptors (Lipinski definition) is 10. The van der Waals surface area contributed by atoms with Crippen molar-refractivity contribution in [3.8, 4) is 0 Å². The van der Waals surface area contributed by atoms with Crippen molar-refractivity contribution in [3.63, 3.8) is 0 Å². The molecule has 1 fully saturated rings. The maximum atomic E-state index is 13.6. The average molecular weight is 603 g/mol. The van der Waals surface area contributed by atoms with E-state index in [-0.39, 0.29) is 18.1 Å². The van der Waals surface area contributed by atoms with Crippen LogP contribution in [0, 0.1) is 0 Å². The molecule has 1 saturated heterocycles. The minimum atomic E-state index is -1.56. The second kappa shape index (κ2) is 13.9. The predicted octanol–water partition coefficient (Wildman–Crippen LogP) is 2.90. The van der Waals surface area contributed by atoms with Crippen LogP contribution in [0.2, 0.25) is 0 Å². The molecule has 0 bridgehead atoms. The average Bonchev–Trinajstić information content (AvgIpc) is 3.59. The molecule has 228 valence electrons. The van der Waals surface area contributed by atoms with Gasteiger partial charge >= 0.3 is 18.1 Å².